The molecular formula is C12H22O2. The van der Waals surface area contributed by atoms with Gasteiger partial charge in [-0.25, -0.2) is 0 Å². The van der Waals surface area contributed by atoms with Gasteiger partial charge in [-0.1, -0.05) is 19.8 Å². The Labute approximate surface area is 88.0 Å². The molecule has 0 spiro atoms. The fourth-order valence-electron chi connectivity index (χ4n) is 1.05. The Balaban J connectivity index is 3.02. The highest BCUT2D eigenvalue weighted by Crippen LogP contribution is 1.97. The van der Waals surface area contributed by atoms with Gasteiger partial charge in [0, 0.05) is 20.0 Å². The summed E-state index contributed by atoms with van der Waals surface area (Å²) in [7, 11) is 1.63. The first kappa shape index (κ1) is 13.5. The van der Waals surface area contributed by atoms with E-state index in [1.165, 1.54) is 19.3 Å². The van der Waals surface area contributed by atoms with E-state index in [9.17, 15) is 0 Å². The maximum atomic E-state index is 5.14. The number of methoxy groups -OCH3 is 1. The Kier molecular flexibility index (Phi) is 12.0. The second-order valence-corrected chi connectivity index (χ2v) is 3.23. The van der Waals surface area contributed by atoms with Crippen LogP contribution in [0.5, 0.6) is 0 Å². The highest BCUT2D eigenvalue weighted by Gasteiger charge is 1.85. The summed E-state index contributed by atoms with van der Waals surface area (Å²) in [6.07, 6.45) is 6.80. The fourth-order valence-corrected chi connectivity index (χ4v) is 1.05. The smallest absolute Gasteiger partial charge is 0.146 e. The van der Waals surface area contributed by atoms with Crippen LogP contribution in [0.1, 0.15) is 45.4 Å². The summed E-state index contributed by atoms with van der Waals surface area (Å²) in [5, 5.41) is 0. The van der Waals surface area contributed by atoms with E-state index < -0.39 is 0 Å². The van der Waals surface area contributed by atoms with Crippen molar-refractivity contribution in [2.75, 3.05) is 20.5 Å². The standard InChI is InChI=1S/C12H22O2/c1-3-4-5-6-7-8-9-10-11-14-12-13-2/h3-6,9-12H2,1-2H3. The average molecular weight is 198 g/mol. The molecule has 2 heteroatoms. The maximum Gasteiger partial charge on any atom is 0.146 e. The summed E-state index contributed by atoms with van der Waals surface area (Å²) in [4.78, 5) is 0. The van der Waals surface area contributed by atoms with E-state index in [1.54, 1.807) is 7.11 Å². The topological polar surface area (TPSA) is 18.5 Å². The second kappa shape index (κ2) is 12.5. The molecule has 2 nitrogen and oxygen atoms in total. The van der Waals surface area contributed by atoms with Crippen molar-refractivity contribution in [1.82, 2.24) is 0 Å². The maximum absolute atomic E-state index is 5.14. The van der Waals surface area contributed by atoms with Gasteiger partial charge in [0.05, 0.1) is 6.61 Å². The van der Waals surface area contributed by atoms with Crippen LogP contribution in [0, 0.1) is 11.8 Å². The molecule has 0 radical (unpaired) electrons. The molecule has 14 heavy (non-hydrogen) atoms. The van der Waals surface area contributed by atoms with Gasteiger partial charge >= 0.3 is 0 Å². The molecule has 0 aromatic heterocycles. The highest BCUT2D eigenvalue weighted by molar-refractivity contribution is 4.98. The summed E-state index contributed by atoms with van der Waals surface area (Å²) < 4.78 is 9.89. The molecule has 0 bridgehead atoms. The molecule has 0 aliphatic rings. The molecule has 0 fully saturated rings. The van der Waals surface area contributed by atoms with Crippen LogP contribution in [0.3, 0.4) is 0 Å². The molecule has 0 amide bonds. The lowest BCUT2D eigenvalue weighted by Gasteiger charge is -1.98. The van der Waals surface area contributed by atoms with Crippen LogP contribution in [0.2, 0.25) is 0 Å². The summed E-state index contributed by atoms with van der Waals surface area (Å²) >= 11 is 0. The van der Waals surface area contributed by atoms with Crippen LogP contribution in [0.4, 0.5) is 0 Å². The van der Waals surface area contributed by atoms with Crippen molar-refractivity contribution in [3.05, 3.63) is 0 Å². The lowest BCUT2D eigenvalue weighted by molar-refractivity contribution is -0.0307. The summed E-state index contributed by atoms with van der Waals surface area (Å²) in [5.74, 6) is 6.32. The monoisotopic (exact) mass is 198 g/mol. The Morgan fingerprint density at radius 1 is 1.00 bits per heavy atom. The van der Waals surface area contributed by atoms with Crippen LogP contribution in [0.15, 0.2) is 0 Å². The lowest BCUT2D eigenvalue weighted by Crippen LogP contribution is -1.97. The average Bonchev–Trinajstić information content (AvgIpc) is 2.21. The minimum atomic E-state index is 0.393. The number of hydrogen-bond donors (Lipinski definition) is 0. The molecule has 82 valence electrons. The van der Waals surface area contributed by atoms with Gasteiger partial charge in [0.2, 0.25) is 0 Å². The van der Waals surface area contributed by atoms with Crippen molar-refractivity contribution in [2.45, 2.75) is 45.4 Å². The minimum absolute atomic E-state index is 0.393. The van der Waals surface area contributed by atoms with Gasteiger partial charge in [-0.15, -0.1) is 11.8 Å². The van der Waals surface area contributed by atoms with E-state index >= 15 is 0 Å². The van der Waals surface area contributed by atoms with Gasteiger partial charge in [-0.3, -0.25) is 0 Å². The largest absolute Gasteiger partial charge is 0.359 e. The molecule has 0 aliphatic carbocycles. The van der Waals surface area contributed by atoms with E-state index in [0.717, 1.165) is 25.9 Å². The van der Waals surface area contributed by atoms with Crippen molar-refractivity contribution in [2.24, 2.45) is 0 Å². The Bertz CT molecular complexity index is 155. The van der Waals surface area contributed by atoms with E-state index in [1.807, 2.05) is 0 Å². The number of hydrogen-bond acceptors (Lipinski definition) is 2. The van der Waals surface area contributed by atoms with Crippen molar-refractivity contribution >= 4 is 0 Å². The predicted molar refractivity (Wildman–Crippen MR) is 59.0 cm³/mol. The molecule has 0 heterocycles. The van der Waals surface area contributed by atoms with Crippen molar-refractivity contribution in [1.29, 1.82) is 0 Å². The first-order valence-corrected chi connectivity index (χ1v) is 5.44. The Morgan fingerprint density at radius 3 is 2.36 bits per heavy atom. The normalized spacial score (nSPS) is 9.57. The molecule has 0 atom stereocenters. The molecule has 0 saturated carbocycles. The van der Waals surface area contributed by atoms with Gasteiger partial charge in [-0.2, -0.15) is 0 Å². The molecule has 0 rings (SSSR count). The molecule has 0 aromatic carbocycles. The lowest BCUT2D eigenvalue weighted by atomic mass is 10.2. The molecule has 0 unspecified atom stereocenters. The van der Waals surface area contributed by atoms with Crippen molar-refractivity contribution in [3.63, 3.8) is 0 Å². The SMILES string of the molecule is CCCCCC#CCCCOCOC. The molecule has 0 aromatic rings. The van der Waals surface area contributed by atoms with E-state index in [4.69, 9.17) is 9.47 Å². The Hall–Kier alpha value is -0.520. The summed E-state index contributed by atoms with van der Waals surface area (Å²) in [6.45, 7) is 3.35. The van der Waals surface area contributed by atoms with Crippen LogP contribution >= 0.6 is 0 Å². The molecule has 0 aliphatic heterocycles. The quantitative estimate of drug-likeness (QED) is 0.339. The van der Waals surface area contributed by atoms with Crippen LogP contribution < -0.4 is 0 Å². The van der Waals surface area contributed by atoms with Gasteiger partial charge < -0.3 is 9.47 Å². The summed E-state index contributed by atoms with van der Waals surface area (Å²) in [5.41, 5.74) is 0. The van der Waals surface area contributed by atoms with Crippen LogP contribution in [-0.2, 0) is 9.47 Å². The Morgan fingerprint density at radius 2 is 1.71 bits per heavy atom. The molecule has 0 N–H and O–H groups in total. The van der Waals surface area contributed by atoms with Gasteiger partial charge in [-0.05, 0) is 12.8 Å². The highest BCUT2D eigenvalue weighted by atomic mass is 16.7. The number of unbranched alkanes of at least 4 members (excludes halogenated alkanes) is 4. The van der Waals surface area contributed by atoms with Crippen LogP contribution in [-0.4, -0.2) is 20.5 Å². The van der Waals surface area contributed by atoms with Gasteiger partial charge in [0.25, 0.3) is 0 Å². The third kappa shape index (κ3) is 11.5. The first-order valence-electron chi connectivity index (χ1n) is 5.44. The van der Waals surface area contributed by atoms with Gasteiger partial charge in [0.1, 0.15) is 6.79 Å². The van der Waals surface area contributed by atoms with Gasteiger partial charge in [0.15, 0.2) is 0 Å². The zero-order valence-corrected chi connectivity index (χ0v) is 9.47. The summed E-state index contributed by atoms with van der Waals surface area (Å²) in [6, 6.07) is 0. The zero-order chi connectivity index (χ0) is 10.5. The predicted octanol–water partition coefficient (Wildman–Crippen LogP) is 2.97. The fraction of sp³-hybridized carbons (Fsp3) is 0.833. The first-order chi connectivity index (χ1) is 6.91. The third-order valence-electron chi connectivity index (χ3n) is 1.82. The van der Waals surface area contributed by atoms with Crippen molar-refractivity contribution in [3.8, 4) is 11.8 Å². The minimum Gasteiger partial charge on any atom is -0.359 e. The zero-order valence-electron chi connectivity index (χ0n) is 9.47. The van der Waals surface area contributed by atoms with E-state index in [2.05, 4.69) is 18.8 Å². The van der Waals surface area contributed by atoms with Crippen molar-refractivity contribution < 1.29 is 9.47 Å². The van der Waals surface area contributed by atoms with E-state index in [-0.39, 0.29) is 0 Å². The molecular weight excluding hydrogens is 176 g/mol. The van der Waals surface area contributed by atoms with E-state index in [0.29, 0.717) is 6.79 Å². The molecule has 0 saturated heterocycles. The third-order valence-corrected chi connectivity index (χ3v) is 1.82. The second-order valence-electron chi connectivity index (χ2n) is 3.23. The number of rotatable bonds is 8. The van der Waals surface area contributed by atoms with Crippen LogP contribution in [0.25, 0.3) is 0 Å². The number of ether oxygens (including phenoxy) is 2.